The van der Waals surface area contributed by atoms with Gasteiger partial charge in [-0.05, 0) is 70.2 Å². The van der Waals surface area contributed by atoms with Crippen LogP contribution in [0.15, 0.2) is 0 Å². The molecule has 1 amide bonds. The lowest BCUT2D eigenvalue weighted by molar-refractivity contribution is -0.123. The maximum atomic E-state index is 12.5. The molecule has 1 rings (SSSR count). The van der Waals surface area contributed by atoms with Crippen molar-refractivity contribution in [2.24, 2.45) is 17.3 Å². The second-order valence-electron chi connectivity index (χ2n) is 8.37. The van der Waals surface area contributed by atoms with Crippen LogP contribution in [0.3, 0.4) is 0 Å². The molecule has 6 heteroatoms. The van der Waals surface area contributed by atoms with E-state index in [2.05, 4.69) is 57.3 Å². The summed E-state index contributed by atoms with van der Waals surface area (Å²) < 4.78 is 0. The molecule has 0 aromatic carbocycles. The van der Waals surface area contributed by atoms with Gasteiger partial charge in [0.05, 0.1) is 0 Å². The fourth-order valence-electron chi connectivity index (χ4n) is 3.19. The third-order valence-corrected chi connectivity index (χ3v) is 4.89. The maximum Gasteiger partial charge on any atom is 0.220 e. The first kappa shape index (κ1) is 26.2. The number of hydrogen-bond donors (Lipinski definition) is 2. The summed E-state index contributed by atoms with van der Waals surface area (Å²) in [5.74, 6) is 1.33. The molecule has 3 unspecified atom stereocenters. The molecule has 1 fully saturated rings. The molecule has 4 nitrogen and oxygen atoms in total. The number of hydrogen-bond acceptors (Lipinski definition) is 3. The molecular formula is C18H39Cl2N3O. The molecule has 0 bridgehead atoms. The molecular weight excluding hydrogens is 345 g/mol. The predicted molar refractivity (Wildman–Crippen MR) is 108 cm³/mol. The minimum Gasteiger partial charge on any atom is -0.353 e. The van der Waals surface area contributed by atoms with Gasteiger partial charge in [-0.1, -0.05) is 27.7 Å². The van der Waals surface area contributed by atoms with Gasteiger partial charge in [-0.3, -0.25) is 4.79 Å². The van der Waals surface area contributed by atoms with Crippen molar-refractivity contribution in [2.45, 2.75) is 59.4 Å². The van der Waals surface area contributed by atoms with E-state index in [0.717, 1.165) is 26.1 Å². The molecule has 0 saturated carbocycles. The molecule has 1 heterocycles. The molecule has 1 aliphatic rings. The second-order valence-corrected chi connectivity index (χ2v) is 8.37. The van der Waals surface area contributed by atoms with E-state index in [9.17, 15) is 4.79 Å². The minimum absolute atomic E-state index is 0. The fraction of sp³-hybridized carbons (Fsp3) is 0.944. The standard InChI is InChI=1S/C18H37N3O.2ClH/c1-14(15-8-7-10-19-13-15)12-17(22)20-16(18(2,3)4)9-11-21(5)6;;/h14-16,19H,7-13H2,1-6H3,(H,20,22);2*1H. The molecule has 146 valence electrons. The number of carbonyl (C=O) groups excluding carboxylic acids is 1. The Morgan fingerprint density at radius 3 is 2.38 bits per heavy atom. The average Bonchev–Trinajstić information content (AvgIpc) is 2.42. The van der Waals surface area contributed by atoms with Gasteiger partial charge < -0.3 is 15.5 Å². The predicted octanol–water partition coefficient (Wildman–Crippen LogP) is 3.34. The van der Waals surface area contributed by atoms with Crippen LogP contribution in [0.5, 0.6) is 0 Å². The first-order chi connectivity index (χ1) is 10.2. The monoisotopic (exact) mass is 383 g/mol. The van der Waals surface area contributed by atoms with Gasteiger partial charge in [-0.25, -0.2) is 0 Å². The number of piperidine rings is 1. The fourth-order valence-corrected chi connectivity index (χ4v) is 3.19. The molecule has 24 heavy (non-hydrogen) atoms. The van der Waals surface area contributed by atoms with Crippen LogP contribution in [0.25, 0.3) is 0 Å². The maximum absolute atomic E-state index is 12.5. The highest BCUT2D eigenvalue weighted by Gasteiger charge is 2.28. The van der Waals surface area contributed by atoms with Gasteiger partial charge in [0.1, 0.15) is 0 Å². The highest BCUT2D eigenvalue weighted by atomic mass is 35.5. The van der Waals surface area contributed by atoms with Crippen LogP contribution in [-0.4, -0.2) is 50.6 Å². The van der Waals surface area contributed by atoms with Crippen molar-refractivity contribution in [3.63, 3.8) is 0 Å². The van der Waals surface area contributed by atoms with Crippen molar-refractivity contribution in [1.82, 2.24) is 15.5 Å². The number of amides is 1. The van der Waals surface area contributed by atoms with Gasteiger partial charge in [0.25, 0.3) is 0 Å². The molecule has 0 spiro atoms. The van der Waals surface area contributed by atoms with Gasteiger partial charge in [-0.2, -0.15) is 0 Å². The molecule has 1 saturated heterocycles. The Hall–Kier alpha value is -0.0300. The lowest BCUT2D eigenvalue weighted by Crippen LogP contribution is -2.46. The number of carbonyl (C=O) groups is 1. The molecule has 1 aliphatic heterocycles. The van der Waals surface area contributed by atoms with Crippen molar-refractivity contribution < 1.29 is 4.79 Å². The van der Waals surface area contributed by atoms with Gasteiger partial charge in [0.2, 0.25) is 5.91 Å². The Kier molecular flexibility index (Phi) is 13.5. The normalized spacial score (nSPS) is 20.5. The zero-order chi connectivity index (χ0) is 16.8. The lowest BCUT2D eigenvalue weighted by atomic mass is 9.83. The first-order valence-corrected chi connectivity index (χ1v) is 8.85. The molecule has 3 atom stereocenters. The van der Waals surface area contributed by atoms with E-state index >= 15 is 0 Å². The van der Waals surface area contributed by atoms with Crippen molar-refractivity contribution in [2.75, 3.05) is 33.7 Å². The van der Waals surface area contributed by atoms with Crippen molar-refractivity contribution in [3.8, 4) is 0 Å². The Balaban J connectivity index is 0. The van der Waals surface area contributed by atoms with Crippen molar-refractivity contribution >= 4 is 30.7 Å². The zero-order valence-electron chi connectivity index (χ0n) is 16.4. The average molecular weight is 384 g/mol. The molecule has 0 radical (unpaired) electrons. The van der Waals surface area contributed by atoms with Gasteiger partial charge in [-0.15, -0.1) is 24.8 Å². The van der Waals surface area contributed by atoms with Crippen molar-refractivity contribution in [1.29, 1.82) is 0 Å². The smallest absolute Gasteiger partial charge is 0.220 e. The van der Waals surface area contributed by atoms with Crippen LogP contribution in [0.1, 0.15) is 53.4 Å². The van der Waals surface area contributed by atoms with Crippen LogP contribution >= 0.6 is 24.8 Å². The second kappa shape index (κ2) is 12.3. The number of nitrogens with zero attached hydrogens (tertiary/aromatic N) is 1. The SMILES string of the molecule is CC(CC(=O)NC(CCN(C)C)C(C)(C)C)C1CCCNC1.Cl.Cl. The molecule has 2 N–H and O–H groups in total. The Labute approximate surface area is 161 Å². The summed E-state index contributed by atoms with van der Waals surface area (Å²) in [5.41, 5.74) is 0.0985. The number of halogens is 2. The van der Waals surface area contributed by atoms with E-state index in [1.807, 2.05) is 0 Å². The topological polar surface area (TPSA) is 44.4 Å². The summed E-state index contributed by atoms with van der Waals surface area (Å²) in [6.07, 6.45) is 4.15. The van der Waals surface area contributed by atoms with Gasteiger partial charge in [0, 0.05) is 12.5 Å². The quantitative estimate of drug-likeness (QED) is 0.708. The van der Waals surface area contributed by atoms with E-state index in [0.29, 0.717) is 18.3 Å². The first-order valence-electron chi connectivity index (χ1n) is 8.85. The number of rotatable bonds is 7. The summed E-state index contributed by atoms with van der Waals surface area (Å²) in [6, 6.07) is 0.235. The van der Waals surface area contributed by atoms with Crippen molar-refractivity contribution in [3.05, 3.63) is 0 Å². The van der Waals surface area contributed by atoms with Gasteiger partial charge >= 0.3 is 0 Å². The highest BCUT2D eigenvalue weighted by molar-refractivity contribution is 5.85. The van der Waals surface area contributed by atoms with E-state index in [-0.39, 0.29) is 42.2 Å². The van der Waals surface area contributed by atoms with Crippen LogP contribution in [0, 0.1) is 17.3 Å². The summed E-state index contributed by atoms with van der Waals surface area (Å²) in [6.45, 7) is 12.1. The van der Waals surface area contributed by atoms with E-state index in [1.165, 1.54) is 12.8 Å². The Bertz CT molecular complexity index is 340. The molecule has 0 aliphatic carbocycles. The Morgan fingerprint density at radius 2 is 1.92 bits per heavy atom. The lowest BCUT2D eigenvalue weighted by Gasteiger charge is -2.33. The summed E-state index contributed by atoms with van der Waals surface area (Å²) in [5, 5.41) is 6.75. The summed E-state index contributed by atoms with van der Waals surface area (Å²) in [7, 11) is 4.17. The van der Waals surface area contributed by atoms with Crippen LogP contribution in [0.2, 0.25) is 0 Å². The molecule has 0 aromatic heterocycles. The van der Waals surface area contributed by atoms with Crippen LogP contribution < -0.4 is 10.6 Å². The number of nitrogens with one attached hydrogen (secondary N) is 2. The summed E-state index contributed by atoms with van der Waals surface area (Å²) >= 11 is 0. The molecule has 0 aromatic rings. The highest BCUT2D eigenvalue weighted by Crippen LogP contribution is 2.25. The minimum atomic E-state index is 0. The van der Waals surface area contributed by atoms with E-state index in [1.54, 1.807) is 0 Å². The van der Waals surface area contributed by atoms with Gasteiger partial charge in [0.15, 0.2) is 0 Å². The largest absolute Gasteiger partial charge is 0.353 e. The van der Waals surface area contributed by atoms with Crippen LogP contribution in [-0.2, 0) is 4.79 Å². The third kappa shape index (κ3) is 10.1. The third-order valence-electron chi connectivity index (χ3n) is 4.89. The van der Waals surface area contributed by atoms with Crippen LogP contribution in [0.4, 0.5) is 0 Å². The zero-order valence-corrected chi connectivity index (χ0v) is 18.0. The van der Waals surface area contributed by atoms with E-state index in [4.69, 9.17) is 0 Å². The summed E-state index contributed by atoms with van der Waals surface area (Å²) in [4.78, 5) is 14.6. The van der Waals surface area contributed by atoms with E-state index < -0.39 is 0 Å². The Morgan fingerprint density at radius 1 is 1.29 bits per heavy atom.